The van der Waals surface area contributed by atoms with Crippen molar-refractivity contribution >= 4 is 17.6 Å². The summed E-state index contributed by atoms with van der Waals surface area (Å²) < 4.78 is 0. The minimum Gasteiger partial charge on any atom is -0.303 e. The standard InChI is InChI=1S/C9H12OS/c1-7(2)8-5-9(3-4-10)11-6-8/h4-7H,3H2,1-2H3. The minimum atomic E-state index is 0.567. The maximum atomic E-state index is 10.2. The molecule has 1 aromatic heterocycles. The van der Waals surface area contributed by atoms with Gasteiger partial charge in [-0.15, -0.1) is 11.3 Å². The van der Waals surface area contributed by atoms with E-state index >= 15 is 0 Å². The molecule has 0 aromatic carbocycles. The fourth-order valence-electron chi connectivity index (χ4n) is 0.890. The van der Waals surface area contributed by atoms with Crippen LogP contribution in [0.25, 0.3) is 0 Å². The largest absolute Gasteiger partial charge is 0.303 e. The monoisotopic (exact) mass is 168 g/mol. The highest BCUT2D eigenvalue weighted by Crippen LogP contribution is 2.21. The van der Waals surface area contributed by atoms with Gasteiger partial charge in [-0.1, -0.05) is 13.8 Å². The van der Waals surface area contributed by atoms with E-state index in [0.29, 0.717) is 12.3 Å². The predicted octanol–water partition coefficient (Wildman–Crippen LogP) is 2.61. The van der Waals surface area contributed by atoms with E-state index in [4.69, 9.17) is 0 Å². The third-order valence-corrected chi connectivity index (χ3v) is 2.60. The molecule has 0 radical (unpaired) electrons. The second-order valence-electron chi connectivity index (χ2n) is 2.87. The van der Waals surface area contributed by atoms with Gasteiger partial charge in [-0.3, -0.25) is 0 Å². The van der Waals surface area contributed by atoms with Gasteiger partial charge < -0.3 is 4.79 Å². The number of rotatable bonds is 3. The van der Waals surface area contributed by atoms with Crippen molar-refractivity contribution in [3.8, 4) is 0 Å². The molecule has 0 N–H and O–H groups in total. The maximum absolute atomic E-state index is 10.2. The molecule has 0 saturated heterocycles. The lowest BCUT2D eigenvalue weighted by atomic mass is 10.1. The van der Waals surface area contributed by atoms with Crippen LogP contribution in [0.3, 0.4) is 0 Å². The zero-order valence-electron chi connectivity index (χ0n) is 6.83. The molecule has 0 aliphatic heterocycles. The first kappa shape index (κ1) is 8.47. The Morgan fingerprint density at radius 3 is 2.82 bits per heavy atom. The third-order valence-electron chi connectivity index (χ3n) is 1.63. The first-order valence-electron chi connectivity index (χ1n) is 3.75. The lowest BCUT2D eigenvalue weighted by Gasteiger charge is -1.97. The maximum Gasteiger partial charge on any atom is 0.125 e. The third kappa shape index (κ3) is 2.15. The SMILES string of the molecule is CC(C)c1csc(CC=O)c1. The molecule has 0 atom stereocenters. The molecule has 1 heterocycles. The normalized spacial score (nSPS) is 10.5. The van der Waals surface area contributed by atoms with Crippen LogP contribution in [0.5, 0.6) is 0 Å². The van der Waals surface area contributed by atoms with E-state index < -0.39 is 0 Å². The van der Waals surface area contributed by atoms with Gasteiger partial charge in [-0.05, 0) is 22.9 Å². The predicted molar refractivity (Wildman–Crippen MR) is 48.2 cm³/mol. The highest BCUT2D eigenvalue weighted by atomic mass is 32.1. The second-order valence-corrected chi connectivity index (χ2v) is 3.87. The molecule has 2 heteroatoms. The van der Waals surface area contributed by atoms with Gasteiger partial charge in [0.15, 0.2) is 0 Å². The lowest BCUT2D eigenvalue weighted by Crippen LogP contribution is -1.82. The number of carbonyl (C=O) groups is 1. The number of hydrogen-bond acceptors (Lipinski definition) is 2. The van der Waals surface area contributed by atoms with E-state index in [-0.39, 0.29) is 0 Å². The average molecular weight is 168 g/mol. The summed E-state index contributed by atoms with van der Waals surface area (Å²) in [5.74, 6) is 0.576. The Morgan fingerprint density at radius 1 is 1.64 bits per heavy atom. The first-order valence-corrected chi connectivity index (χ1v) is 4.63. The Kier molecular flexibility index (Phi) is 2.83. The van der Waals surface area contributed by atoms with Gasteiger partial charge in [0.25, 0.3) is 0 Å². The van der Waals surface area contributed by atoms with Crippen LogP contribution >= 0.6 is 11.3 Å². The topological polar surface area (TPSA) is 17.1 Å². The molecule has 60 valence electrons. The fraction of sp³-hybridized carbons (Fsp3) is 0.444. The summed E-state index contributed by atoms with van der Waals surface area (Å²) in [4.78, 5) is 11.3. The van der Waals surface area contributed by atoms with Crippen LogP contribution < -0.4 is 0 Å². The van der Waals surface area contributed by atoms with Gasteiger partial charge in [0.1, 0.15) is 6.29 Å². The van der Waals surface area contributed by atoms with Crippen molar-refractivity contribution in [2.45, 2.75) is 26.2 Å². The molecule has 0 aliphatic rings. The Labute approximate surface area is 71.1 Å². The summed E-state index contributed by atoms with van der Waals surface area (Å²) in [6, 6.07) is 2.11. The van der Waals surface area contributed by atoms with E-state index in [1.54, 1.807) is 11.3 Å². The zero-order valence-corrected chi connectivity index (χ0v) is 7.65. The van der Waals surface area contributed by atoms with E-state index in [9.17, 15) is 4.79 Å². The van der Waals surface area contributed by atoms with Gasteiger partial charge in [0.05, 0.1) is 0 Å². The summed E-state index contributed by atoms with van der Waals surface area (Å²) in [7, 11) is 0. The molecule has 0 spiro atoms. The van der Waals surface area contributed by atoms with Crippen molar-refractivity contribution in [1.82, 2.24) is 0 Å². The van der Waals surface area contributed by atoms with Crippen molar-refractivity contribution in [2.75, 3.05) is 0 Å². The van der Waals surface area contributed by atoms with Crippen molar-refractivity contribution in [3.63, 3.8) is 0 Å². The summed E-state index contributed by atoms with van der Waals surface area (Å²) in [6.45, 7) is 4.32. The van der Waals surface area contributed by atoms with Crippen LogP contribution in [-0.4, -0.2) is 6.29 Å². The van der Waals surface area contributed by atoms with Gasteiger partial charge in [-0.2, -0.15) is 0 Å². The number of thiophene rings is 1. The van der Waals surface area contributed by atoms with Crippen LogP contribution in [0, 0.1) is 0 Å². The molecular formula is C9H12OS. The van der Waals surface area contributed by atoms with E-state index in [2.05, 4.69) is 25.3 Å². The first-order chi connectivity index (χ1) is 5.24. The van der Waals surface area contributed by atoms with Crippen LogP contribution in [0.1, 0.15) is 30.2 Å². The lowest BCUT2D eigenvalue weighted by molar-refractivity contribution is -0.107. The molecule has 11 heavy (non-hydrogen) atoms. The molecule has 0 amide bonds. The Morgan fingerprint density at radius 2 is 2.36 bits per heavy atom. The summed E-state index contributed by atoms with van der Waals surface area (Å²) in [5, 5.41) is 2.13. The summed E-state index contributed by atoms with van der Waals surface area (Å²) in [5.41, 5.74) is 1.34. The van der Waals surface area contributed by atoms with E-state index in [1.807, 2.05) is 0 Å². The fourth-order valence-corrected chi connectivity index (χ4v) is 1.89. The van der Waals surface area contributed by atoms with Gasteiger partial charge in [0.2, 0.25) is 0 Å². The molecule has 0 saturated carbocycles. The van der Waals surface area contributed by atoms with Crippen LogP contribution in [0.15, 0.2) is 11.4 Å². The van der Waals surface area contributed by atoms with Crippen molar-refractivity contribution < 1.29 is 4.79 Å². The minimum absolute atomic E-state index is 0.567. The molecule has 1 aromatic rings. The zero-order chi connectivity index (χ0) is 8.27. The smallest absolute Gasteiger partial charge is 0.125 e. The Balaban J connectivity index is 2.73. The number of aldehydes is 1. The van der Waals surface area contributed by atoms with Crippen LogP contribution in [-0.2, 0) is 11.2 Å². The Hall–Kier alpha value is -0.630. The Bertz CT molecular complexity index is 237. The second kappa shape index (κ2) is 3.67. The highest BCUT2D eigenvalue weighted by Gasteiger charge is 2.01. The molecule has 0 unspecified atom stereocenters. The average Bonchev–Trinajstić information content (AvgIpc) is 2.37. The van der Waals surface area contributed by atoms with Crippen molar-refractivity contribution in [3.05, 3.63) is 21.9 Å². The van der Waals surface area contributed by atoms with E-state index in [1.165, 1.54) is 10.4 Å². The summed E-state index contributed by atoms with van der Waals surface area (Å²) >= 11 is 1.67. The molecule has 1 nitrogen and oxygen atoms in total. The summed E-state index contributed by atoms with van der Waals surface area (Å²) in [6.07, 6.45) is 1.52. The number of hydrogen-bond donors (Lipinski definition) is 0. The van der Waals surface area contributed by atoms with Crippen molar-refractivity contribution in [2.24, 2.45) is 0 Å². The van der Waals surface area contributed by atoms with Crippen LogP contribution in [0.2, 0.25) is 0 Å². The quantitative estimate of drug-likeness (QED) is 0.634. The molecule has 0 bridgehead atoms. The van der Waals surface area contributed by atoms with Crippen LogP contribution in [0.4, 0.5) is 0 Å². The van der Waals surface area contributed by atoms with Gasteiger partial charge in [0, 0.05) is 11.3 Å². The van der Waals surface area contributed by atoms with Gasteiger partial charge >= 0.3 is 0 Å². The number of carbonyl (C=O) groups excluding carboxylic acids is 1. The molecule has 0 aliphatic carbocycles. The molecular weight excluding hydrogens is 156 g/mol. The van der Waals surface area contributed by atoms with Gasteiger partial charge in [-0.25, -0.2) is 0 Å². The van der Waals surface area contributed by atoms with Crippen molar-refractivity contribution in [1.29, 1.82) is 0 Å². The highest BCUT2D eigenvalue weighted by molar-refractivity contribution is 7.10. The molecule has 0 fully saturated rings. The van der Waals surface area contributed by atoms with E-state index in [0.717, 1.165) is 6.29 Å². The molecule has 1 rings (SSSR count).